The van der Waals surface area contributed by atoms with Crippen molar-refractivity contribution in [3.05, 3.63) is 51.4 Å². The van der Waals surface area contributed by atoms with Gasteiger partial charge >= 0.3 is 0 Å². The lowest BCUT2D eigenvalue weighted by molar-refractivity contribution is 0.813. The van der Waals surface area contributed by atoms with Crippen LogP contribution in [0.2, 0.25) is 0 Å². The second kappa shape index (κ2) is 4.84. The number of para-hydroxylation sites is 1. The number of aromatic amines is 1. The Morgan fingerprint density at radius 1 is 1.28 bits per heavy atom. The summed E-state index contributed by atoms with van der Waals surface area (Å²) < 4.78 is 1.67. The lowest BCUT2D eigenvalue weighted by Gasteiger charge is -2.05. The molecule has 0 amide bonds. The van der Waals surface area contributed by atoms with Crippen LogP contribution in [0.5, 0.6) is 0 Å². The highest BCUT2D eigenvalue weighted by Crippen LogP contribution is 2.17. The van der Waals surface area contributed by atoms with Crippen molar-refractivity contribution in [1.29, 1.82) is 0 Å². The Morgan fingerprint density at radius 3 is 2.44 bits per heavy atom. The molecule has 1 aromatic carbocycles. The minimum atomic E-state index is 0.0798. The van der Waals surface area contributed by atoms with Gasteiger partial charge in [-0.3, -0.25) is 9.89 Å². The maximum Gasteiger partial charge on any atom is 0.274 e. The van der Waals surface area contributed by atoms with E-state index < -0.39 is 0 Å². The Balaban J connectivity index is 2.68. The zero-order valence-corrected chi connectivity index (χ0v) is 11.4. The Kier molecular flexibility index (Phi) is 3.41. The highest BCUT2D eigenvalue weighted by molar-refractivity contribution is 5.40. The van der Waals surface area contributed by atoms with Crippen LogP contribution in [-0.2, 0) is 6.42 Å². The van der Waals surface area contributed by atoms with Crippen LogP contribution in [0.3, 0.4) is 0 Å². The fourth-order valence-electron chi connectivity index (χ4n) is 2.34. The molecule has 0 aliphatic rings. The lowest BCUT2D eigenvalue weighted by Crippen LogP contribution is -2.18. The Morgan fingerprint density at radius 2 is 1.94 bits per heavy atom. The first kappa shape index (κ1) is 12.7. The van der Waals surface area contributed by atoms with Crippen LogP contribution >= 0.6 is 0 Å². The van der Waals surface area contributed by atoms with Crippen molar-refractivity contribution in [3.8, 4) is 5.69 Å². The Bertz CT molecular complexity index is 605. The predicted octanol–water partition coefficient (Wildman–Crippen LogP) is 3.16. The van der Waals surface area contributed by atoms with Gasteiger partial charge < -0.3 is 0 Å². The molecule has 0 unspecified atom stereocenters. The van der Waals surface area contributed by atoms with Gasteiger partial charge in [0.1, 0.15) is 0 Å². The number of benzene rings is 1. The first-order chi connectivity index (χ1) is 8.56. The smallest absolute Gasteiger partial charge is 0.274 e. The largest absolute Gasteiger partial charge is 0.295 e. The fourth-order valence-corrected chi connectivity index (χ4v) is 2.34. The summed E-state index contributed by atoms with van der Waals surface area (Å²) in [5.41, 5.74) is 4.05. The van der Waals surface area contributed by atoms with Gasteiger partial charge in [-0.15, -0.1) is 0 Å². The number of aromatic nitrogens is 2. The van der Waals surface area contributed by atoms with Crippen molar-refractivity contribution in [1.82, 2.24) is 9.78 Å². The molecule has 2 aromatic rings. The number of nitrogens with one attached hydrogen (secondary N) is 1. The van der Waals surface area contributed by atoms with Gasteiger partial charge in [0.25, 0.3) is 5.56 Å². The lowest BCUT2D eigenvalue weighted by atomic mass is 10.0. The van der Waals surface area contributed by atoms with Gasteiger partial charge in [-0.25, -0.2) is 4.68 Å². The van der Waals surface area contributed by atoms with E-state index in [-0.39, 0.29) is 11.5 Å². The molecule has 0 saturated heterocycles. The molecule has 0 aliphatic heterocycles. The van der Waals surface area contributed by atoms with Crippen molar-refractivity contribution in [2.45, 2.75) is 40.0 Å². The highest BCUT2D eigenvalue weighted by atomic mass is 16.1. The van der Waals surface area contributed by atoms with Gasteiger partial charge in [0.05, 0.1) is 5.69 Å². The van der Waals surface area contributed by atoms with Crippen molar-refractivity contribution in [2.24, 2.45) is 0 Å². The summed E-state index contributed by atoms with van der Waals surface area (Å²) in [6.07, 6.45) is 0.849. The molecule has 0 fully saturated rings. The van der Waals surface area contributed by atoms with Crippen LogP contribution in [0.4, 0.5) is 0 Å². The van der Waals surface area contributed by atoms with Crippen LogP contribution in [0, 0.1) is 6.92 Å². The topological polar surface area (TPSA) is 37.8 Å². The minimum absolute atomic E-state index is 0.0798. The predicted molar refractivity (Wildman–Crippen MR) is 74.6 cm³/mol. The van der Waals surface area contributed by atoms with E-state index in [1.54, 1.807) is 4.68 Å². The van der Waals surface area contributed by atoms with Gasteiger partial charge in [0, 0.05) is 11.3 Å². The molecule has 0 aliphatic carbocycles. The summed E-state index contributed by atoms with van der Waals surface area (Å²) in [5, 5.41) is 3.24. The molecule has 0 spiro atoms. The quantitative estimate of drug-likeness (QED) is 0.884. The van der Waals surface area contributed by atoms with E-state index in [0.29, 0.717) is 0 Å². The molecule has 1 heterocycles. The van der Waals surface area contributed by atoms with Crippen molar-refractivity contribution in [2.75, 3.05) is 0 Å². The molecular weight excluding hydrogens is 224 g/mol. The highest BCUT2D eigenvalue weighted by Gasteiger charge is 2.17. The normalized spacial score (nSPS) is 11.2. The van der Waals surface area contributed by atoms with Gasteiger partial charge in [-0.1, -0.05) is 39.0 Å². The zero-order valence-electron chi connectivity index (χ0n) is 11.4. The third-order valence-electron chi connectivity index (χ3n) is 3.29. The van der Waals surface area contributed by atoms with Gasteiger partial charge in [0.15, 0.2) is 0 Å². The molecule has 3 nitrogen and oxygen atoms in total. The number of nitrogens with zero attached hydrogens (tertiary/aromatic N) is 1. The van der Waals surface area contributed by atoms with E-state index in [4.69, 9.17) is 0 Å². The maximum absolute atomic E-state index is 12.5. The molecule has 96 valence electrons. The van der Waals surface area contributed by atoms with Crippen LogP contribution in [0.15, 0.2) is 29.1 Å². The minimum Gasteiger partial charge on any atom is -0.295 e. The average molecular weight is 244 g/mol. The van der Waals surface area contributed by atoms with Gasteiger partial charge in [0.2, 0.25) is 0 Å². The van der Waals surface area contributed by atoms with E-state index in [2.05, 4.69) is 25.9 Å². The van der Waals surface area contributed by atoms with E-state index in [9.17, 15) is 4.79 Å². The molecule has 0 saturated carbocycles. The molecule has 0 atom stereocenters. The molecule has 2 rings (SSSR count). The maximum atomic E-state index is 12.5. The van der Waals surface area contributed by atoms with E-state index in [0.717, 1.165) is 28.9 Å². The summed E-state index contributed by atoms with van der Waals surface area (Å²) >= 11 is 0. The Labute approximate surface area is 107 Å². The molecule has 3 heteroatoms. The van der Waals surface area contributed by atoms with Crippen molar-refractivity contribution >= 4 is 0 Å². The third-order valence-corrected chi connectivity index (χ3v) is 3.29. The van der Waals surface area contributed by atoms with Gasteiger partial charge in [-0.05, 0) is 30.9 Å². The monoisotopic (exact) mass is 244 g/mol. The summed E-state index contributed by atoms with van der Waals surface area (Å²) in [6, 6.07) is 7.92. The summed E-state index contributed by atoms with van der Waals surface area (Å²) in [5.74, 6) is 0.244. The fraction of sp³-hybridized carbons (Fsp3) is 0.400. The van der Waals surface area contributed by atoms with E-state index in [1.807, 2.05) is 31.2 Å². The summed E-state index contributed by atoms with van der Waals surface area (Å²) in [7, 11) is 0. The number of H-pyrrole nitrogens is 1. The molecule has 18 heavy (non-hydrogen) atoms. The SMILES string of the molecule is CCc1[nH]n(-c2ccccc2C)c(=O)c1C(C)C. The summed E-state index contributed by atoms with van der Waals surface area (Å²) in [6.45, 7) is 8.21. The second-order valence-corrected chi connectivity index (χ2v) is 4.94. The second-order valence-electron chi connectivity index (χ2n) is 4.94. The number of aryl methyl sites for hydroxylation is 2. The molecule has 1 aromatic heterocycles. The van der Waals surface area contributed by atoms with E-state index in [1.165, 1.54) is 0 Å². The third kappa shape index (κ3) is 2.01. The summed E-state index contributed by atoms with van der Waals surface area (Å²) in [4.78, 5) is 12.5. The van der Waals surface area contributed by atoms with Crippen molar-refractivity contribution < 1.29 is 0 Å². The van der Waals surface area contributed by atoms with E-state index >= 15 is 0 Å². The molecule has 0 bridgehead atoms. The number of rotatable bonds is 3. The molecular formula is C15H20N2O. The first-order valence-electron chi connectivity index (χ1n) is 6.46. The van der Waals surface area contributed by atoms with Crippen molar-refractivity contribution in [3.63, 3.8) is 0 Å². The zero-order chi connectivity index (χ0) is 13.3. The Hall–Kier alpha value is -1.77. The number of hydrogen-bond acceptors (Lipinski definition) is 1. The number of hydrogen-bond donors (Lipinski definition) is 1. The molecule has 0 radical (unpaired) electrons. The van der Waals surface area contributed by atoms with Crippen LogP contribution in [-0.4, -0.2) is 9.78 Å². The first-order valence-corrected chi connectivity index (χ1v) is 6.46. The van der Waals surface area contributed by atoms with Gasteiger partial charge in [-0.2, -0.15) is 0 Å². The van der Waals surface area contributed by atoms with Crippen LogP contribution in [0.1, 0.15) is 43.5 Å². The average Bonchev–Trinajstić information content (AvgIpc) is 2.67. The molecule has 1 N–H and O–H groups in total. The standard InChI is InChI=1S/C15H20N2O/c1-5-12-14(10(2)3)15(18)17(16-12)13-9-7-6-8-11(13)4/h6-10,16H,5H2,1-4H3. The van der Waals surface area contributed by atoms with Crippen LogP contribution in [0.25, 0.3) is 5.69 Å². The van der Waals surface area contributed by atoms with Crippen LogP contribution < -0.4 is 5.56 Å².